The van der Waals surface area contributed by atoms with Crippen LogP contribution in [-0.4, -0.2) is 24.8 Å². The zero-order valence-corrected chi connectivity index (χ0v) is 8.33. The van der Waals surface area contributed by atoms with Gasteiger partial charge < -0.3 is 9.47 Å². The fourth-order valence-corrected chi connectivity index (χ4v) is 0.630. The van der Waals surface area contributed by atoms with Gasteiger partial charge in [0.05, 0.1) is 0 Å². The van der Waals surface area contributed by atoms with Gasteiger partial charge in [0, 0.05) is 19.4 Å². The molecular formula is C9H12O5. The zero-order chi connectivity index (χ0) is 11.1. The Kier molecular flexibility index (Phi) is 5.21. The highest BCUT2D eigenvalue weighted by Crippen LogP contribution is 2.05. The third-order valence-electron chi connectivity index (χ3n) is 1.29. The molecule has 0 unspecified atom stereocenters. The number of ether oxygens (including phenoxy) is 2. The number of esters is 2. The summed E-state index contributed by atoms with van der Waals surface area (Å²) >= 11 is 0. The number of rotatable bonds is 4. The van der Waals surface area contributed by atoms with Crippen LogP contribution < -0.4 is 0 Å². The van der Waals surface area contributed by atoms with Crippen molar-refractivity contribution in [3.8, 4) is 0 Å². The third kappa shape index (κ3) is 5.08. The van der Waals surface area contributed by atoms with Crippen LogP contribution in [0.25, 0.3) is 0 Å². The molecule has 5 nitrogen and oxygen atoms in total. The Bertz CT molecular complexity index is 277. The first kappa shape index (κ1) is 12.3. The fraction of sp³-hybridized carbons (Fsp3) is 0.444. The molecule has 0 saturated heterocycles. The van der Waals surface area contributed by atoms with E-state index in [1.165, 1.54) is 20.8 Å². The van der Waals surface area contributed by atoms with E-state index in [-0.39, 0.29) is 17.9 Å². The predicted molar refractivity (Wildman–Crippen MR) is 47.2 cm³/mol. The maximum atomic E-state index is 10.6. The van der Waals surface area contributed by atoms with E-state index in [0.717, 1.165) is 0 Å². The molecule has 0 aliphatic carbocycles. The van der Waals surface area contributed by atoms with Crippen LogP contribution in [0, 0.1) is 0 Å². The molecule has 0 aliphatic rings. The van der Waals surface area contributed by atoms with Crippen molar-refractivity contribution in [1.29, 1.82) is 0 Å². The third-order valence-corrected chi connectivity index (χ3v) is 1.29. The van der Waals surface area contributed by atoms with E-state index in [1.807, 2.05) is 0 Å². The minimum atomic E-state index is -0.562. The van der Waals surface area contributed by atoms with Crippen molar-refractivity contribution < 1.29 is 23.9 Å². The number of hydrogen-bond donors (Lipinski definition) is 0. The second-order valence-corrected chi connectivity index (χ2v) is 2.60. The van der Waals surface area contributed by atoms with Crippen molar-refractivity contribution >= 4 is 18.2 Å². The van der Waals surface area contributed by atoms with E-state index in [4.69, 9.17) is 0 Å². The highest BCUT2D eigenvalue weighted by molar-refractivity contribution is 5.75. The maximum absolute atomic E-state index is 10.6. The van der Waals surface area contributed by atoms with Crippen LogP contribution in [0.3, 0.4) is 0 Å². The Balaban J connectivity index is 4.48. The molecule has 0 radical (unpaired) electrons. The lowest BCUT2D eigenvalue weighted by atomic mass is 10.3. The summed E-state index contributed by atoms with van der Waals surface area (Å²) in [4.78, 5) is 31.5. The van der Waals surface area contributed by atoms with Gasteiger partial charge >= 0.3 is 11.9 Å². The van der Waals surface area contributed by atoms with Crippen LogP contribution in [0.15, 0.2) is 11.3 Å². The van der Waals surface area contributed by atoms with Crippen LogP contribution >= 0.6 is 0 Å². The second-order valence-electron chi connectivity index (χ2n) is 2.60. The molecule has 0 saturated carbocycles. The predicted octanol–water partition coefficient (Wildman–Crippen LogP) is 0.586. The molecular weight excluding hydrogens is 188 g/mol. The van der Waals surface area contributed by atoms with Gasteiger partial charge in [0.2, 0.25) is 0 Å². The Hall–Kier alpha value is -1.65. The van der Waals surface area contributed by atoms with Gasteiger partial charge in [0.15, 0.2) is 5.76 Å². The minimum absolute atomic E-state index is 0.0581. The molecule has 0 aliphatic heterocycles. The van der Waals surface area contributed by atoms with Gasteiger partial charge in [-0.25, -0.2) is 0 Å². The van der Waals surface area contributed by atoms with E-state index in [9.17, 15) is 14.4 Å². The highest BCUT2D eigenvalue weighted by Gasteiger charge is 2.08. The SMILES string of the molecule is CC(=O)OC/C(OC(C)=O)=C(\C)C=O. The Morgan fingerprint density at radius 3 is 2.07 bits per heavy atom. The van der Waals surface area contributed by atoms with Crippen molar-refractivity contribution in [2.75, 3.05) is 6.61 Å². The van der Waals surface area contributed by atoms with Crippen LogP contribution in [0.2, 0.25) is 0 Å². The molecule has 0 spiro atoms. The molecule has 78 valence electrons. The molecule has 0 amide bonds. The normalized spacial score (nSPS) is 11.4. The highest BCUT2D eigenvalue weighted by atomic mass is 16.6. The summed E-state index contributed by atoms with van der Waals surface area (Å²) in [5.74, 6) is -1.01. The molecule has 0 atom stereocenters. The zero-order valence-electron chi connectivity index (χ0n) is 8.33. The van der Waals surface area contributed by atoms with Crippen molar-refractivity contribution in [3.05, 3.63) is 11.3 Å². The summed E-state index contributed by atoms with van der Waals surface area (Å²) in [5, 5.41) is 0. The maximum Gasteiger partial charge on any atom is 0.307 e. The van der Waals surface area contributed by atoms with E-state index in [2.05, 4.69) is 9.47 Å². The van der Waals surface area contributed by atoms with Crippen molar-refractivity contribution in [3.63, 3.8) is 0 Å². The quantitative estimate of drug-likeness (QED) is 0.287. The molecule has 14 heavy (non-hydrogen) atoms. The number of hydrogen-bond acceptors (Lipinski definition) is 5. The van der Waals surface area contributed by atoms with E-state index in [0.29, 0.717) is 6.29 Å². The monoisotopic (exact) mass is 200 g/mol. The van der Waals surface area contributed by atoms with Gasteiger partial charge in [0.1, 0.15) is 12.9 Å². The number of carbonyl (C=O) groups excluding carboxylic acids is 3. The van der Waals surface area contributed by atoms with Gasteiger partial charge in [-0.2, -0.15) is 0 Å². The summed E-state index contributed by atoms with van der Waals surface area (Å²) in [6.07, 6.45) is 0.530. The summed E-state index contributed by atoms with van der Waals surface area (Å²) < 4.78 is 9.28. The molecule has 0 fully saturated rings. The Labute approximate surface area is 81.7 Å². The topological polar surface area (TPSA) is 69.7 Å². The first-order valence-corrected chi connectivity index (χ1v) is 3.94. The smallest absolute Gasteiger partial charge is 0.307 e. The summed E-state index contributed by atoms with van der Waals surface area (Å²) in [5.41, 5.74) is 0.224. The van der Waals surface area contributed by atoms with Crippen LogP contribution in [0.4, 0.5) is 0 Å². The largest absolute Gasteiger partial charge is 0.458 e. The Morgan fingerprint density at radius 2 is 1.71 bits per heavy atom. The molecule has 0 aromatic heterocycles. The van der Waals surface area contributed by atoms with Crippen LogP contribution in [0.5, 0.6) is 0 Å². The van der Waals surface area contributed by atoms with Crippen molar-refractivity contribution in [2.24, 2.45) is 0 Å². The number of carbonyl (C=O) groups is 3. The molecule has 0 aromatic carbocycles. The molecule has 0 bridgehead atoms. The number of allylic oxidation sites excluding steroid dienone is 1. The van der Waals surface area contributed by atoms with Crippen LogP contribution in [-0.2, 0) is 23.9 Å². The van der Waals surface area contributed by atoms with Gasteiger partial charge in [-0.1, -0.05) is 0 Å². The second kappa shape index (κ2) is 5.90. The van der Waals surface area contributed by atoms with Crippen LogP contribution in [0.1, 0.15) is 20.8 Å². The van der Waals surface area contributed by atoms with Crippen molar-refractivity contribution in [1.82, 2.24) is 0 Å². The minimum Gasteiger partial charge on any atom is -0.458 e. The van der Waals surface area contributed by atoms with Gasteiger partial charge in [-0.15, -0.1) is 0 Å². The summed E-state index contributed by atoms with van der Waals surface area (Å²) in [6.45, 7) is 3.68. The van der Waals surface area contributed by atoms with Gasteiger partial charge in [-0.3, -0.25) is 14.4 Å². The molecule has 0 N–H and O–H groups in total. The molecule has 0 heterocycles. The number of aldehydes is 1. The fourth-order valence-electron chi connectivity index (χ4n) is 0.630. The summed E-state index contributed by atoms with van der Waals surface area (Å²) in [6, 6.07) is 0. The lowest BCUT2D eigenvalue weighted by Gasteiger charge is -2.08. The Morgan fingerprint density at radius 1 is 1.14 bits per heavy atom. The lowest BCUT2D eigenvalue weighted by Crippen LogP contribution is -2.10. The van der Waals surface area contributed by atoms with Crippen molar-refractivity contribution in [2.45, 2.75) is 20.8 Å². The van der Waals surface area contributed by atoms with E-state index < -0.39 is 11.9 Å². The van der Waals surface area contributed by atoms with E-state index in [1.54, 1.807) is 0 Å². The molecule has 5 heteroatoms. The standard InChI is InChI=1S/C9H12O5/c1-6(4-10)9(14-8(3)12)5-13-7(2)11/h4H,5H2,1-3H3/b9-6-. The van der Waals surface area contributed by atoms with Gasteiger partial charge in [-0.05, 0) is 6.92 Å². The molecule has 0 rings (SSSR count). The first-order chi connectivity index (χ1) is 6.47. The molecule has 0 aromatic rings. The van der Waals surface area contributed by atoms with Gasteiger partial charge in [0.25, 0.3) is 0 Å². The lowest BCUT2D eigenvalue weighted by molar-refractivity contribution is -0.145. The van der Waals surface area contributed by atoms with E-state index >= 15 is 0 Å². The average Bonchev–Trinajstić information content (AvgIpc) is 2.10. The average molecular weight is 200 g/mol. The summed E-state index contributed by atoms with van der Waals surface area (Å²) in [7, 11) is 0. The first-order valence-electron chi connectivity index (χ1n) is 3.94.